The molecule has 1 fully saturated rings. The molecule has 0 spiro atoms. The minimum absolute atomic E-state index is 0.101. The lowest BCUT2D eigenvalue weighted by Gasteiger charge is -2.17. The molecular formula is C19H17ClFNO4S. The summed E-state index contributed by atoms with van der Waals surface area (Å²) in [5.41, 5.74) is 0.397. The Bertz CT molecular complexity index is 1020. The first-order valence-electron chi connectivity index (χ1n) is 8.32. The van der Waals surface area contributed by atoms with Crippen LogP contribution < -0.4 is 5.14 Å². The van der Waals surface area contributed by atoms with Crippen LogP contribution >= 0.6 is 11.6 Å². The monoisotopic (exact) mass is 409 g/mol. The van der Waals surface area contributed by atoms with Gasteiger partial charge in [0.2, 0.25) is 10.0 Å². The first kappa shape index (κ1) is 19.7. The van der Waals surface area contributed by atoms with Crippen LogP contribution in [0.5, 0.6) is 0 Å². The number of halogens is 2. The summed E-state index contributed by atoms with van der Waals surface area (Å²) in [4.78, 5) is 25.6. The summed E-state index contributed by atoms with van der Waals surface area (Å²) < 4.78 is 37.0. The summed E-state index contributed by atoms with van der Waals surface area (Å²) in [6.45, 7) is 0. The number of hydrogen-bond acceptors (Lipinski definition) is 4. The maximum atomic E-state index is 13.4. The lowest BCUT2D eigenvalue weighted by molar-refractivity contribution is -0.122. The molecule has 1 unspecified atom stereocenters. The van der Waals surface area contributed by atoms with Crippen molar-refractivity contribution < 1.29 is 22.4 Å². The zero-order valence-corrected chi connectivity index (χ0v) is 15.8. The second-order valence-electron chi connectivity index (χ2n) is 6.58. The van der Waals surface area contributed by atoms with E-state index in [1.165, 1.54) is 30.3 Å². The van der Waals surface area contributed by atoms with Gasteiger partial charge in [0.15, 0.2) is 5.78 Å². The molecule has 1 atom stereocenters. The Morgan fingerprint density at radius 2 is 1.85 bits per heavy atom. The summed E-state index contributed by atoms with van der Waals surface area (Å²) in [7, 11) is -4.01. The van der Waals surface area contributed by atoms with Crippen LogP contribution in [0.15, 0.2) is 47.4 Å². The molecule has 0 saturated heterocycles. The second-order valence-corrected chi connectivity index (χ2v) is 8.52. The van der Waals surface area contributed by atoms with Crippen molar-refractivity contribution in [2.45, 2.75) is 24.2 Å². The van der Waals surface area contributed by atoms with E-state index in [2.05, 4.69) is 0 Å². The van der Waals surface area contributed by atoms with Crippen LogP contribution in [0.1, 0.15) is 28.8 Å². The van der Waals surface area contributed by atoms with E-state index < -0.39 is 27.5 Å². The molecule has 0 aliphatic heterocycles. The lowest BCUT2D eigenvalue weighted by Crippen LogP contribution is -2.29. The van der Waals surface area contributed by atoms with Crippen LogP contribution in [0.2, 0.25) is 5.02 Å². The topological polar surface area (TPSA) is 94.3 Å². The Balaban J connectivity index is 1.99. The molecule has 0 radical (unpaired) electrons. The van der Waals surface area contributed by atoms with Gasteiger partial charge in [-0.2, -0.15) is 0 Å². The number of hydrogen-bond donors (Lipinski definition) is 1. The molecule has 8 heteroatoms. The number of nitrogens with two attached hydrogens (primary N) is 1. The van der Waals surface area contributed by atoms with E-state index in [0.717, 1.165) is 6.07 Å². The number of ketones is 2. The molecule has 3 rings (SSSR count). The van der Waals surface area contributed by atoms with Crippen LogP contribution in [0, 0.1) is 17.7 Å². The van der Waals surface area contributed by atoms with Crippen LogP contribution in [-0.2, 0) is 21.2 Å². The summed E-state index contributed by atoms with van der Waals surface area (Å²) in [5, 5.41) is 5.03. The average Bonchev–Trinajstić information content (AvgIpc) is 3.45. The summed E-state index contributed by atoms with van der Waals surface area (Å²) >= 11 is 5.75. The quantitative estimate of drug-likeness (QED) is 0.561. The number of rotatable bonds is 7. The van der Waals surface area contributed by atoms with Crippen molar-refractivity contribution in [3.05, 3.63) is 64.4 Å². The van der Waals surface area contributed by atoms with Gasteiger partial charge in [-0.3, -0.25) is 9.59 Å². The predicted octanol–water partition coefficient (Wildman–Crippen LogP) is 3.15. The number of sulfonamides is 1. The van der Waals surface area contributed by atoms with E-state index in [1.54, 1.807) is 6.07 Å². The molecule has 142 valence electrons. The van der Waals surface area contributed by atoms with Crippen molar-refractivity contribution in [2.24, 2.45) is 17.0 Å². The van der Waals surface area contributed by atoms with Crippen LogP contribution in [0.4, 0.5) is 4.39 Å². The number of benzene rings is 2. The zero-order valence-electron chi connectivity index (χ0n) is 14.2. The van der Waals surface area contributed by atoms with Crippen LogP contribution in [-0.4, -0.2) is 20.0 Å². The standard InChI is InChI=1S/C19H17ClFNO4S/c20-15-10-13(7-8-16(15)21)19(24)14(18(23)11-5-6-11)9-12-3-1-2-4-17(12)27(22,25)26/h1-4,7-8,10-11,14H,5-6,9H2,(H2,22,25,26). The Morgan fingerprint density at radius 3 is 2.44 bits per heavy atom. The Hall–Kier alpha value is -2.09. The van der Waals surface area contributed by atoms with E-state index in [4.69, 9.17) is 16.7 Å². The van der Waals surface area contributed by atoms with E-state index in [9.17, 15) is 22.4 Å². The summed E-state index contributed by atoms with van der Waals surface area (Å²) in [6, 6.07) is 9.50. The molecule has 5 nitrogen and oxygen atoms in total. The zero-order chi connectivity index (χ0) is 19.8. The molecule has 0 amide bonds. The Labute approximate surface area is 161 Å². The molecule has 0 heterocycles. The molecule has 27 heavy (non-hydrogen) atoms. The van der Waals surface area contributed by atoms with Crippen molar-refractivity contribution in [2.75, 3.05) is 0 Å². The minimum Gasteiger partial charge on any atom is -0.299 e. The first-order valence-corrected chi connectivity index (χ1v) is 10.2. The van der Waals surface area contributed by atoms with Crippen molar-refractivity contribution >= 4 is 33.2 Å². The van der Waals surface area contributed by atoms with Crippen LogP contribution in [0.3, 0.4) is 0 Å². The molecule has 1 aliphatic rings. The van der Waals surface area contributed by atoms with Gasteiger partial charge >= 0.3 is 0 Å². The first-order chi connectivity index (χ1) is 12.7. The largest absolute Gasteiger partial charge is 0.299 e. The van der Waals surface area contributed by atoms with Crippen molar-refractivity contribution in [3.8, 4) is 0 Å². The molecule has 2 N–H and O–H groups in total. The minimum atomic E-state index is -4.01. The van der Waals surface area contributed by atoms with Crippen LogP contribution in [0.25, 0.3) is 0 Å². The normalized spacial score (nSPS) is 15.4. The Morgan fingerprint density at radius 1 is 1.19 bits per heavy atom. The van der Waals surface area contributed by atoms with Gasteiger partial charge in [-0.05, 0) is 49.1 Å². The molecule has 0 aromatic heterocycles. The molecule has 2 aromatic carbocycles. The maximum Gasteiger partial charge on any atom is 0.238 e. The number of carbonyl (C=O) groups excluding carboxylic acids is 2. The van der Waals surface area contributed by atoms with Gasteiger partial charge in [0.05, 0.1) is 15.8 Å². The van der Waals surface area contributed by atoms with Gasteiger partial charge < -0.3 is 0 Å². The summed E-state index contributed by atoms with van der Waals surface area (Å²) in [6.07, 6.45) is 1.29. The average molecular weight is 410 g/mol. The number of Topliss-reactive ketones (excluding diaryl/α,β-unsaturated/α-hetero) is 2. The highest BCUT2D eigenvalue weighted by molar-refractivity contribution is 7.89. The molecule has 1 saturated carbocycles. The van der Waals surface area contributed by atoms with E-state index in [-0.39, 0.29) is 33.6 Å². The van der Waals surface area contributed by atoms with Gasteiger partial charge in [-0.15, -0.1) is 0 Å². The number of primary sulfonamides is 1. The van der Waals surface area contributed by atoms with E-state index in [0.29, 0.717) is 18.4 Å². The Kier molecular flexibility index (Phi) is 5.46. The van der Waals surface area contributed by atoms with Crippen molar-refractivity contribution in [1.29, 1.82) is 0 Å². The van der Waals surface area contributed by atoms with Gasteiger partial charge in [0.1, 0.15) is 11.6 Å². The third-order valence-electron chi connectivity index (χ3n) is 4.55. The molecule has 0 bridgehead atoms. The van der Waals surface area contributed by atoms with Crippen molar-refractivity contribution in [3.63, 3.8) is 0 Å². The predicted molar refractivity (Wildman–Crippen MR) is 98.5 cm³/mol. The SMILES string of the molecule is NS(=O)(=O)c1ccccc1CC(C(=O)c1ccc(F)c(Cl)c1)C(=O)C1CC1. The van der Waals surface area contributed by atoms with E-state index in [1.807, 2.05) is 0 Å². The third-order valence-corrected chi connectivity index (χ3v) is 5.85. The number of carbonyl (C=O) groups is 2. The van der Waals surface area contributed by atoms with Gasteiger partial charge in [0, 0.05) is 11.5 Å². The second kappa shape index (κ2) is 7.50. The fourth-order valence-electron chi connectivity index (χ4n) is 3.00. The summed E-state index contributed by atoms with van der Waals surface area (Å²) in [5.74, 6) is -2.72. The van der Waals surface area contributed by atoms with Gasteiger partial charge in [-0.25, -0.2) is 17.9 Å². The molecular weight excluding hydrogens is 393 g/mol. The van der Waals surface area contributed by atoms with E-state index >= 15 is 0 Å². The van der Waals surface area contributed by atoms with Gasteiger partial charge in [-0.1, -0.05) is 29.8 Å². The fourth-order valence-corrected chi connectivity index (χ4v) is 3.96. The molecule has 2 aromatic rings. The smallest absolute Gasteiger partial charge is 0.238 e. The maximum absolute atomic E-state index is 13.4. The third kappa shape index (κ3) is 4.43. The highest BCUT2D eigenvalue weighted by Crippen LogP contribution is 2.35. The highest BCUT2D eigenvalue weighted by Gasteiger charge is 2.39. The lowest BCUT2D eigenvalue weighted by atomic mass is 9.86. The van der Waals surface area contributed by atoms with Gasteiger partial charge in [0.25, 0.3) is 0 Å². The van der Waals surface area contributed by atoms with Crippen molar-refractivity contribution in [1.82, 2.24) is 0 Å². The molecule has 1 aliphatic carbocycles. The fraction of sp³-hybridized carbons (Fsp3) is 0.263. The highest BCUT2D eigenvalue weighted by atomic mass is 35.5.